The van der Waals surface area contributed by atoms with E-state index in [9.17, 15) is 9.59 Å². The number of esters is 1. The van der Waals surface area contributed by atoms with Crippen LogP contribution in [0, 0.1) is 0 Å². The molecule has 2 rings (SSSR count). The molecule has 1 aliphatic heterocycles. The van der Waals surface area contributed by atoms with Crippen LogP contribution in [0.25, 0.3) is 0 Å². The fraction of sp³-hybridized carbons (Fsp3) is 0.286. The van der Waals surface area contributed by atoms with Crippen LogP contribution in [-0.2, 0) is 14.4 Å². The Balaban J connectivity index is 1.99. The minimum atomic E-state index is -0.660. The fourth-order valence-electron chi connectivity index (χ4n) is 1.75. The van der Waals surface area contributed by atoms with Gasteiger partial charge < -0.3 is 9.57 Å². The predicted molar refractivity (Wildman–Crippen MR) is 68.1 cm³/mol. The lowest BCUT2D eigenvalue weighted by molar-refractivity contribution is -0.165. The van der Waals surface area contributed by atoms with E-state index in [1.807, 2.05) is 6.07 Å². The van der Waals surface area contributed by atoms with Gasteiger partial charge in [0.2, 0.25) is 0 Å². The first-order chi connectivity index (χ1) is 9.22. The zero-order valence-corrected chi connectivity index (χ0v) is 10.6. The highest BCUT2D eigenvalue weighted by atomic mass is 16.7. The Hall–Kier alpha value is -2.14. The fourth-order valence-corrected chi connectivity index (χ4v) is 1.75. The van der Waals surface area contributed by atoms with Crippen LogP contribution >= 0.6 is 0 Å². The van der Waals surface area contributed by atoms with Crippen molar-refractivity contribution in [2.45, 2.75) is 13.0 Å². The van der Waals surface area contributed by atoms with Gasteiger partial charge in [-0.05, 0) is 19.1 Å². The number of hydrogen-bond donors (Lipinski definition) is 0. The van der Waals surface area contributed by atoms with Crippen LogP contribution in [0.2, 0.25) is 0 Å². The summed E-state index contributed by atoms with van der Waals surface area (Å²) in [5.74, 6) is -0.907. The molecule has 5 nitrogen and oxygen atoms in total. The van der Waals surface area contributed by atoms with E-state index in [2.05, 4.69) is 0 Å². The van der Waals surface area contributed by atoms with Crippen LogP contribution in [-0.4, -0.2) is 36.2 Å². The summed E-state index contributed by atoms with van der Waals surface area (Å²) >= 11 is 0. The Labute approximate surface area is 111 Å². The van der Waals surface area contributed by atoms with Crippen molar-refractivity contribution in [3.63, 3.8) is 0 Å². The molecule has 1 aromatic carbocycles. The van der Waals surface area contributed by atoms with Crippen LogP contribution in [0.5, 0.6) is 0 Å². The minimum Gasteiger partial charge on any atom is -0.464 e. The van der Waals surface area contributed by atoms with Crippen molar-refractivity contribution in [2.24, 2.45) is 0 Å². The van der Waals surface area contributed by atoms with Gasteiger partial charge >= 0.3 is 11.9 Å². The topological polar surface area (TPSA) is 55.8 Å². The summed E-state index contributed by atoms with van der Waals surface area (Å²) in [6.07, 6.45) is 3.43. The Morgan fingerprint density at radius 2 is 2.05 bits per heavy atom. The second-order valence-electron chi connectivity index (χ2n) is 3.97. The van der Waals surface area contributed by atoms with E-state index in [0.717, 1.165) is 0 Å². The van der Waals surface area contributed by atoms with Crippen molar-refractivity contribution < 1.29 is 19.2 Å². The third-order valence-corrected chi connectivity index (χ3v) is 2.65. The molecule has 0 aromatic heterocycles. The van der Waals surface area contributed by atoms with E-state index in [4.69, 9.17) is 9.57 Å². The van der Waals surface area contributed by atoms with Crippen molar-refractivity contribution >= 4 is 11.9 Å². The van der Waals surface area contributed by atoms with Crippen LogP contribution < -0.4 is 0 Å². The standard InChI is InChI=1S/C14H15NO4/c1-2-18-14(17)12-9-6-10-15(12)19-13(16)11-7-4-3-5-8-11/h3-9,12H,2,10H2,1H3. The summed E-state index contributed by atoms with van der Waals surface area (Å²) in [6, 6.07) is 7.97. The highest BCUT2D eigenvalue weighted by Gasteiger charge is 2.31. The van der Waals surface area contributed by atoms with Crippen molar-refractivity contribution in [1.29, 1.82) is 0 Å². The maximum absolute atomic E-state index is 11.9. The molecule has 5 heteroatoms. The highest BCUT2D eigenvalue weighted by Crippen LogP contribution is 2.14. The molecule has 19 heavy (non-hydrogen) atoms. The van der Waals surface area contributed by atoms with Gasteiger partial charge in [-0.3, -0.25) is 0 Å². The number of ether oxygens (including phenoxy) is 1. The average molecular weight is 261 g/mol. The second kappa shape index (κ2) is 6.15. The molecule has 1 heterocycles. The molecule has 0 saturated heterocycles. The Morgan fingerprint density at radius 1 is 1.32 bits per heavy atom. The largest absolute Gasteiger partial charge is 0.464 e. The SMILES string of the molecule is CCOC(=O)C1C=CCN1OC(=O)c1ccccc1. The molecule has 0 radical (unpaired) electrons. The van der Waals surface area contributed by atoms with Gasteiger partial charge in [-0.1, -0.05) is 30.4 Å². The lowest BCUT2D eigenvalue weighted by atomic mass is 10.2. The van der Waals surface area contributed by atoms with E-state index in [0.29, 0.717) is 18.7 Å². The quantitative estimate of drug-likeness (QED) is 0.608. The molecular weight excluding hydrogens is 246 g/mol. The van der Waals surface area contributed by atoms with Crippen LogP contribution in [0.15, 0.2) is 42.5 Å². The number of benzene rings is 1. The molecule has 0 aliphatic carbocycles. The van der Waals surface area contributed by atoms with Crippen molar-refractivity contribution in [1.82, 2.24) is 5.06 Å². The summed E-state index contributed by atoms with van der Waals surface area (Å²) < 4.78 is 4.92. The van der Waals surface area contributed by atoms with Crippen molar-refractivity contribution in [3.8, 4) is 0 Å². The normalized spacial score (nSPS) is 18.3. The molecule has 1 aliphatic rings. The van der Waals surface area contributed by atoms with Crippen molar-refractivity contribution in [3.05, 3.63) is 48.0 Å². The van der Waals surface area contributed by atoms with E-state index in [-0.39, 0.29) is 0 Å². The summed E-state index contributed by atoms with van der Waals surface area (Å²) in [5, 5.41) is 1.31. The van der Waals surface area contributed by atoms with Gasteiger partial charge in [-0.25, -0.2) is 9.59 Å². The van der Waals surface area contributed by atoms with Gasteiger partial charge in [0.15, 0.2) is 6.04 Å². The van der Waals surface area contributed by atoms with Crippen LogP contribution in [0.4, 0.5) is 0 Å². The highest BCUT2D eigenvalue weighted by molar-refractivity contribution is 5.89. The molecule has 1 atom stereocenters. The first-order valence-electron chi connectivity index (χ1n) is 6.09. The van der Waals surface area contributed by atoms with Gasteiger partial charge in [0.05, 0.1) is 18.7 Å². The first-order valence-corrected chi connectivity index (χ1v) is 6.09. The number of hydrogen-bond acceptors (Lipinski definition) is 5. The van der Waals surface area contributed by atoms with Crippen molar-refractivity contribution in [2.75, 3.05) is 13.2 Å². The van der Waals surface area contributed by atoms with E-state index in [1.165, 1.54) is 5.06 Å². The van der Waals surface area contributed by atoms with Gasteiger partial charge in [-0.15, -0.1) is 5.06 Å². The zero-order chi connectivity index (χ0) is 13.7. The lowest BCUT2D eigenvalue weighted by Crippen LogP contribution is -2.39. The molecule has 0 saturated carbocycles. The predicted octanol–water partition coefficient (Wildman–Crippen LogP) is 1.56. The Bertz CT molecular complexity index is 483. The summed E-state index contributed by atoms with van der Waals surface area (Å²) in [7, 11) is 0. The van der Waals surface area contributed by atoms with Crippen LogP contribution in [0.1, 0.15) is 17.3 Å². The lowest BCUT2D eigenvalue weighted by Gasteiger charge is -2.21. The summed E-state index contributed by atoms with van der Waals surface area (Å²) in [5.41, 5.74) is 0.442. The maximum Gasteiger partial charge on any atom is 0.357 e. The molecular formula is C14H15NO4. The smallest absolute Gasteiger partial charge is 0.357 e. The molecule has 100 valence electrons. The van der Waals surface area contributed by atoms with Gasteiger partial charge in [0.25, 0.3) is 0 Å². The summed E-state index contributed by atoms with van der Waals surface area (Å²) in [6.45, 7) is 2.41. The molecule has 1 aromatic rings. The molecule has 0 N–H and O–H groups in total. The third kappa shape index (κ3) is 3.20. The Morgan fingerprint density at radius 3 is 2.74 bits per heavy atom. The third-order valence-electron chi connectivity index (χ3n) is 2.65. The number of rotatable bonds is 4. The molecule has 1 unspecified atom stereocenters. The number of nitrogens with zero attached hydrogens (tertiary/aromatic N) is 1. The van der Waals surface area contributed by atoms with Gasteiger partial charge in [-0.2, -0.15) is 0 Å². The van der Waals surface area contributed by atoms with Gasteiger partial charge in [0.1, 0.15) is 0 Å². The minimum absolute atomic E-state index is 0.295. The molecule has 0 fully saturated rings. The maximum atomic E-state index is 11.9. The van der Waals surface area contributed by atoms with Gasteiger partial charge in [0, 0.05) is 0 Å². The first kappa shape index (κ1) is 13.3. The molecule has 0 spiro atoms. The number of carbonyl (C=O) groups is 2. The average Bonchev–Trinajstić information content (AvgIpc) is 2.88. The number of carbonyl (C=O) groups excluding carboxylic acids is 2. The zero-order valence-electron chi connectivity index (χ0n) is 10.6. The summed E-state index contributed by atoms with van der Waals surface area (Å²) in [4.78, 5) is 28.8. The monoisotopic (exact) mass is 261 g/mol. The molecule has 0 bridgehead atoms. The number of hydroxylamine groups is 2. The second-order valence-corrected chi connectivity index (χ2v) is 3.97. The van der Waals surface area contributed by atoms with E-state index < -0.39 is 18.0 Å². The van der Waals surface area contributed by atoms with Crippen LogP contribution in [0.3, 0.4) is 0 Å². The Kier molecular flexibility index (Phi) is 4.30. The van der Waals surface area contributed by atoms with E-state index in [1.54, 1.807) is 43.3 Å². The van der Waals surface area contributed by atoms with E-state index >= 15 is 0 Å². The molecule has 0 amide bonds.